The molecule has 200 valence electrons. The summed E-state index contributed by atoms with van der Waals surface area (Å²) in [6.07, 6.45) is 0.679. The fourth-order valence-corrected chi connectivity index (χ4v) is 4.58. The van der Waals surface area contributed by atoms with Crippen LogP contribution in [0.2, 0.25) is 0 Å². The molecule has 3 heterocycles. The first-order valence-electron chi connectivity index (χ1n) is 12.4. The molecule has 1 fully saturated rings. The average Bonchev–Trinajstić information content (AvgIpc) is 3.58. The van der Waals surface area contributed by atoms with Gasteiger partial charge in [-0.3, -0.25) is 14.9 Å². The molecule has 39 heavy (non-hydrogen) atoms. The lowest BCUT2D eigenvalue weighted by Crippen LogP contribution is -2.36. The van der Waals surface area contributed by atoms with Crippen molar-refractivity contribution in [1.29, 1.82) is 5.26 Å². The number of ether oxygens (including phenoxy) is 2. The number of anilines is 2. The third kappa shape index (κ3) is 5.45. The van der Waals surface area contributed by atoms with Crippen molar-refractivity contribution in [1.82, 2.24) is 9.55 Å². The summed E-state index contributed by atoms with van der Waals surface area (Å²) in [4.78, 5) is 30.7. The van der Waals surface area contributed by atoms with Gasteiger partial charge in [-0.25, -0.2) is 4.98 Å². The number of amides is 1. The number of imidazole rings is 1. The molecule has 1 amide bonds. The number of benzene rings is 2. The molecule has 1 N–H and O–H groups in total. The van der Waals surface area contributed by atoms with Gasteiger partial charge in [0.1, 0.15) is 4.92 Å². The zero-order chi connectivity index (χ0) is 27.4. The van der Waals surface area contributed by atoms with Gasteiger partial charge in [-0.15, -0.1) is 0 Å². The second kappa shape index (κ2) is 11.3. The van der Waals surface area contributed by atoms with Crippen LogP contribution < -0.4 is 10.2 Å². The summed E-state index contributed by atoms with van der Waals surface area (Å²) in [5.41, 5.74) is 3.45. The molecule has 12 heteroatoms. The van der Waals surface area contributed by atoms with Gasteiger partial charge in [0, 0.05) is 38.9 Å². The van der Waals surface area contributed by atoms with Crippen LogP contribution in [0, 0.1) is 21.4 Å². The van der Waals surface area contributed by atoms with Crippen molar-refractivity contribution in [2.75, 3.05) is 50.2 Å². The highest BCUT2D eigenvalue weighted by molar-refractivity contribution is 6.07. The van der Waals surface area contributed by atoms with Crippen LogP contribution in [-0.4, -0.2) is 60.4 Å². The van der Waals surface area contributed by atoms with E-state index in [9.17, 15) is 20.2 Å². The maximum absolute atomic E-state index is 13.2. The molecule has 2 aromatic heterocycles. The van der Waals surface area contributed by atoms with Crippen molar-refractivity contribution in [2.45, 2.75) is 13.0 Å². The molecule has 0 atom stereocenters. The van der Waals surface area contributed by atoms with E-state index in [0.29, 0.717) is 74.0 Å². The molecule has 1 saturated heterocycles. The van der Waals surface area contributed by atoms with Gasteiger partial charge in [0.15, 0.2) is 11.6 Å². The summed E-state index contributed by atoms with van der Waals surface area (Å²) in [5.74, 6) is -0.0288. The highest BCUT2D eigenvalue weighted by Gasteiger charge is 2.24. The minimum atomic E-state index is -0.590. The molecule has 0 unspecified atom stereocenters. The van der Waals surface area contributed by atoms with Gasteiger partial charge >= 0.3 is 5.88 Å². The summed E-state index contributed by atoms with van der Waals surface area (Å²) >= 11 is 0. The van der Waals surface area contributed by atoms with E-state index in [0.717, 1.165) is 11.2 Å². The number of methoxy groups -OCH3 is 1. The normalized spacial score (nSPS) is 13.4. The van der Waals surface area contributed by atoms with Crippen LogP contribution in [0.25, 0.3) is 22.6 Å². The number of hydrogen-bond donors (Lipinski definition) is 1. The van der Waals surface area contributed by atoms with Crippen LogP contribution in [0.1, 0.15) is 22.3 Å². The quantitative estimate of drug-likeness (QED) is 0.191. The zero-order valence-electron chi connectivity index (χ0n) is 21.3. The lowest BCUT2D eigenvalue weighted by molar-refractivity contribution is -0.401. The second-order valence-corrected chi connectivity index (χ2v) is 8.93. The topological polar surface area (TPSA) is 149 Å². The van der Waals surface area contributed by atoms with Crippen LogP contribution in [0.5, 0.6) is 0 Å². The molecule has 0 aliphatic carbocycles. The standard InChI is InChI=1S/C27H26N6O6/c1-37-11-3-8-32-23-16-22(31-9-12-38-13-10-31)20(30-27(34)19-5-2-4-18(14-19)17-28)15-21(23)29-26(32)24-6-7-25(39-24)33(35)36/h2,4-7,14-16H,3,8-13H2,1H3,(H,30,34). The highest BCUT2D eigenvalue weighted by atomic mass is 16.6. The number of carbonyl (C=O) groups excluding carboxylic acids is 1. The minimum absolute atomic E-state index is 0.266. The van der Waals surface area contributed by atoms with Gasteiger partial charge in [-0.2, -0.15) is 5.26 Å². The Bertz CT molecular complexity index is 1560. The van der Waals surface area contributed by atoms with Crippen LogP contribution in [-0.2, 0) is 16.0 Å². The maximum atomic E-state index is 13.2. The summed E-state index contributed by atoms with van der Waals surface area (Å²) in [6, 6.07) is 15.1. The lowest BCUT2D eigenvalue weighted by atomic mass is 10.1. The number of hydrogen-bond acceptors (Lipinski definition) is 9. The van der Waals surface area contributed by atoms with Crippen molar-refractivity contribution < 1.29 is 23.6 Å². The number of carbonyl (C=O) groups is 1. The third-order valence-corrected chi connectivity index (χ3v) is 6.44. The van der Waals surface area contributed by atoms with Crippen molar-refractivity contribution >= 4 is 34.2 Å². The van der Waals surface area contributed by atoms with Crippen LogP contribution in [0.15, 0.2) is 52.9 Å². The first kappa shape index (κ1) is 25.9. The predicted molar refractivity (Wildman–Crippen MR) is 143 cm³/mol. The molecule has 0 saturated carbocycles. The number of furan rings is 1. The third-order valence-electron chi connectivity index (χ3n) is 6.44. The number of aryl methyl sites for hydroxylation is 1. The number of fused-ring (bicyclic) bond motifs is 1. The summed E-state index contributed by atoms with van der Waals surface area (Å²) in [7, 11) is 1.63. The van der Waals surface area contributed by atoms with Gasteiger partial charge in [0.2, 0.25) is 0 Å². The van der Waals surface area contributed by atoms with Gasteiger partial charge in [-0.05, 0) is 42.8 Å². The zero-order valence-corrected chi connectivity index (χ0v) is 21.3. The van der Waals surface area contributed by atoms with Crippen LogP contribution in [0.3, 0.4) is 0 Å². The van der Waals surface area contributed by atoms with E-state index < -0.39 is 4.92 Å². The number of morpholine rings is 1. The van der Waals surface area contributed by atoms with Crippen molar-refractivity contribution in [3.8, 4) is 17.7 Å². The van der Waals surface area contributed by atoms with E-state index in [-0.39, 0.29) is 17.6 Å². The monoisotopic (exact) mass is 530 g/mol. The average molecular weight is 531 g/mol. The molecular weight excluding hydrogens is 504 g/mol. The Morgan fingerprint density at radius 2 is 2.05 bits per heavy atom. The number of nitrogens with one attached hydrogen (secondary N) is 1. The maximum Gasteiger partial charge on any atom is 0.433 e. The number of aromatic nitrogens is 2. The molecule has 1 aliphatic rings. The predicted octanol–water partition coefficient (Wildman–Crippen LogP) is 4.20. The number of nitriles is 1. The number of nitro groups is 1. The lowest BCUT2D eigenvalue weighted by Gasteiger charge is -2.30. The van der Waals surface area contributed by atoms with Crippen LogP contribution >= 0.6 is 0 Å². The number of rotatable bonds is 9. The summed E-state index contributed by atoms with van der Waals surface area (Å²) in [6.45, 7) is 3.40. The summed E-state index contributed by atoms with van der Waals surface area (Å²) in [5, 5.41) is 23.5. The Labute approximate surface area is 223 Å². The first-order valence-corrected chi connectivity index (χ1v) is 12.4. The SMILES string of the molecule is COCCCn1c(-c2ccc([N+](=O)[O-])o2)nc2cc(NC(=O)c3cccc(C#N)c3)c(N3CCOCC3)cc21. The van der Waals surface area contributed by atoms with E-state index in [1.165, 1.54) is 18.2 Å². The van der Waals surface area contributed by atoms with Crippen LogP contribution in [0.4, 0.5) is 17.3 Å². The Kier molecular flexibility index (Phi) is 7.53. The minimum Gasteiger partial charge on any atom is -0.397 e. The van der Waals surface area contributed by atoms with Crippen molar-refractivity contribution in [2.24, 2.45) is 0 Å². The van der Waals surface area contributed by atoms with Gasteiger partial charge < -0.3 is 28.7 Å². The Hall–Kier alpha value is -4.73. The summed E-state index contributed by atoms with van der Waals surface area (Å²) < 4.78 is 18.2. The Balaban J connectivity index is 1.62. The van der Waals surface area contributed by atoms with E-state index in [1.54, 1.807) is 31.4 Å². The van der Waals surface area contributed by atoms with E-state index in [1.807, 2.05) is 10.6 Å². The smallest absolute Gasteiger partial charge is 0.397 e. The van der Waals surface area contributed by atoms with Crippen molar-refractivity contribution in [3.63, 3.8) is 0 Å². The first-order chi connectivity index (χ1) is 19.0. The van der Waals surface area contributed by atoms with E-state index in [4.69, 9.17) is 18.9 Å². The molecule has 12 nitrogen and oxygen atoms in total. The number of nitrogens with zero attached hydrogens (tertiary/aromatic N) is 5. The second-order valence-electron chi connectivity index (χ2n) is 8.93. The largest absolute Gasteiger partial charge is 0.433 e. The molecule has 0 radical (unpaired) electrons. The Morgan fingerprint density at radius 1 is 1.23 bits per heavy atom. The molecule has 2 aromatic carbocycles. The van der Waals surface area contributed by atoms with Gasteiger partial charge in [-0.1, -0.05) is 6.07 Å². The van der Waals surface area contributed by atoms with E-state index >= 15 is 0 Å². The highest BCUT2D eigenvalue weighted by Crippen LogP contribution is 2.36. The molecular formula is C27H26N6O6. The van der Waals surface area contributed by atoms with Gasteiger partial charge in [0.25, 0.3) is 5.91 Å². The molecule has 5 rings (SSSR count). The fourth-order valence-electron chi connectivity index (χ4n) is 4.58. The molecule has 4 aromatic rings. The Morgan fingerprint density at radius 3 is 2.77 bits per heavy atom. The molecule has 1 aliphatic heterocycles. The van der Waals surface area contributed by atoms with E-state index in [2.05, 4.69) is 16.3 Å². The molecule has 0 bridgehead atoms. The fraction of sp³-hybridized carbons (Fsp3) is 0.296. The van der Waals surface area contributed by atoms with Crippen molar-refractivity contribution in [3.05, 3.63) is 69.8 Å². The molecule has 0 spiro atoms. The van der Waals surface area contributed by atoms with Gasteiger partial charge in [0.05, 0.1) is 53.3 Å².